The fraction of sp³-hybridized carbons (Fsp3) is 0.390. The van der Waals surface area contributed by atoms with Gasteiger partial charge in [0.2, 0.25) is 0 Å². The van der Waals surface area contributed by atoms with E-state index in [-0.39, 0.29) is 19.2 Å². The van der Waals surface area contributed by atoms with Crippen LogP contribution in [0.3, 0.4) is 0 Å². The molecular weight excluding hydrogens is 676 g/mol. The first-order valence-corrected chi connectivity index (χ1v) is 18.4. The number of aryl methyl sites for hydroxylation is 6. The van der Waals surface area contributed by atoms with Crippen LogP contribution in [0, 0.1) is 13.8 Å². The van der Waals surface area contributed by atoms with E-state index >= 15 is 0 Å². The minimum atomic E-state index is -0.372. The van der Waals surface area contributed by atoms with Crippen molar-refractivity contribution in [2.75, 3.05) is 26.4 Å². The largest absolute Gasteiger partial charge is 0.493 e. The van der Waals surface area contributed by atoms with Gasteiger partial charge in [0, 0.05) is 74.1 Å². The molecule has 0 saturated carbocycles. The van der Waals surface area contributed by atoms with Crippen LogP contribution in [-0.2, 0) is 51.8 Å². The van der Waals surface area contributed by atoms with E-state index in [4.69, 9.17) is 31.3 Å². The Morgan fingerprint density at radius 1 is 0.942 bits per heavy atom. The summed E-state index contributed by atoms with van der Waals surface area (Å²) in [5, 5.41) is 23.4. The van der Waals surface area contributed by atoms with Gasteiger partial charge in [-0.25, -0.2) is 4.79 Å². The molecule has 0 atom stereocenters. The average molecular weight is 725 g/mol. The molecule has 11 heteroatoms. The number of rotatable bonds is 15. The molecule has 10 nitrogen and oxygen atoms in total. The zero-order chi connectivity index (χ0) is 37.1. The molecule has 52 heavy (non-hydrogen) atoms. The maximum Gasteiger partial charge on any atom is 0.355 e. The van der Waals surface area contributed by atoms with Crippen molar-refractivity contribution in [3.05, 3.63) is 99.2 Å². The molecule has 0 fully saturated rings. The number of aliphatic hydroxyl groups is 1. The van der Waals surface area contributed by atoms with Crippen LogP contribution < -0.4 is 4.74 Å². The molecule has 6 aromatic rings. The van der Waals surface area contributed by atoms with Gasteiger partial charge in [0.1, 0.15) is 11.4 Å². The molecule has 0 spiro atoms. The summed E-state index contributed by atoms with van der Waals surface area (Å²) >= 11 is 7.13. The van der Waals surface area contributed by atoms with Gasteiger partial charge in [0.05, 0.1) is 41.7 Å². The van der Waals surface area contributed by atoms with Gasteiger partial charge in [-0.3, -0.25) is 14.3 Å². The molecule has 6 rings (SSSR count). The van der Waals surface area contributed by atoms with E-state index < -0.39 is 0 Å². The summed E-state index contributed by atoms with van der Waals surface area (Å²) in [6.45, 7) is 10.3. The first kappa shape index (κ1) is 37.1. The molecular formula is C41H49ClN6O4. The summed E-state index contributed by atoms with van der Waals surface area (Å²) in [5.74, 6) is 0.486. The van der Waals surface area contributed by atoms with Gasteiger partial charge in [-0.2, -0.15) is 10.2 Å². The van der Waals surface area contributed by atoms with E-state index in [0.29, 0.717) is 49.8 Å². The summed E-state index contributed by atoms with van der Waals surface area (Å²) in [7, 11) is 5.79. The molecule has 1 N–H and O–H groups in total. The number of carbonyl (C=O) groups is 1. The Morgan fingerprint density at radius 2 is 1.73 bits per heavy atom. The van der Waals surface area contributed by atoms with Crippen LogP contribution >= 0.6 is 11.6 Å². The number of benzene rings is 3. The second kappa shape index (κ2) is 15.9. The summed E-state index contributed by atoms with van der Waals surface area (Å²) in [6, 6.07) is 18.5. The van der Waals surface area contributed by atoms with Crippen molar-refractivity contribution in [3.8, 4) is 16.9 Å². The summed E-state index contributed by atoms with van der Waals surface area (Å²) in [5.41, 5.74) is 8.99. The SMILES string of the molecule is CCOC(=O)c1c(CCCOc2cc(C)cc3ccccc23)c2ccc(Cl)c(-c3c(CN(CCO)Cc4cc(CC)n(C)n4)nn(C)c3C)c2n1C. The van der Waals surface area contributed by atoms with Crippen LogP contribution in [0.25, 0.3) is 32.8 Å². The third kappa shape index (κ3) is 7.33. The van der Waals surface area contributed by atoms with Crippen LogP contribution in [-0.4, -0.2) is 66.5 Å². The predicted octanol–water partition coefficient (Wildman–Crippen LogP) is 7.48. The summed E-state index contributed by atoms with van der Waals surface area (Å²) in [4.78, 5) is 15.8. The summed E-state index contributed by atoms with van der Waals surface area (Å²) < 4.78 is 17.7. The van der Waals surface area contributed by atoms with Crippen LogP contribution in [0.15, 0.2) is 54.6 Å². The van der Waals surface area contributed by atoms with Crippen LogP contribution in [0.5, 0.6) is 5.75 Å². The highest BCUT2D eigenvalue weighted by Gasteiger charge is 2.28. The van der Waals surface area contributed by atoms with Gasteiger partial charge in [-0.15, -0.1) is 0 Å². The molecule has 0 amide bonds. The number of nitrogens with zero attached hydrogens (tertiary/aromatic N) is 6. The van der Waals surface area contributed by atoms with E-state index in [1.54, 1.807) is 0 Å². The quantitative estimate of drug-likeness (QED) is 0.0866. The highest BCUT2D eigenvalue weighted by atomic mass is 35.5. The fourth-order valence-electron chi connectivity index (χ4n) is 7.41. The lowest BCUT2D eigenvalue weighted by molar-refractivity contribution is 0.0514. The van der Waals surface area contributed by atoms with Crippen molar-refractivity contribution < 1.29 is 19.4 Å². The van der Waals surface area contributed by atoms with Crippen molar-refractivity contribution in [1.29, 1.82) is 0 Å². The Kier molecular flexibility index (Phi) is 11.4. The number of halogens is 1. The van der Waals surface area contributed by atoms with Crippen LogP contribution in [0.2, 0.25) is 5.02 Å². The van der Waals surface area contributed by atoms with E-state index in [1.165, 1.54) is 0 Å². The summed E-state index contributed by atoms with van der Waals surface area (Å²) in [6.07, 6.45) is 2.18. The maximum absolute atomic E-state index is 13.6. The predicted molar refractivity (Wildman–Crippen MR) is 207 cm³/mol. The first-order chi connectivity index (χ1) is 25.1. The number of aliphatic hydroxyl groups excluding tert-OH is 1. The maximum atomic E-state index is 13.6. The molecule has 0 aliphatic rings. The minimum Gasteiger partial charge on any atom is -0.493 e. The highest BCUT2D eigenvalue weighted by molar-refractivity contribution is 6.35. The average Bonchev–Trinajstić information content (AvgIpc) is 3.71. The highest BCUT2D eigenvalue weighted by Crippen LogP contribution is 2.42. The Bertz CT molecular complexity index is 2230. The topological polar surface area (TPSA) is 99.6 Å². The third-order valence-electron chi connectivity index (χ3n) is 9.90. The second-order valence-corrected chi connectivity index (χ2v) is 13.8. The zero-order valence-electron chi connectivity index (χ0n) is 31.3. The van der Waals surface area contributed by atoms with Crippen molar-refractivity contribution in [2.24, 2.45) is 21.1 Å². The number of hydrogen-bond acceptors (Lipinski definition) is 7. The van der Waals surface area contributed by atoms with Crippen LogP contribution in [0.4, 0.5) is 0 Å². The van der Waals surface area contributed by atoms with Crippen molar-refractivity contribution >= 4 is 39.2 Å². The Morgan fingerprint density at radius 3 is 2.46 bits per heavy atom. The minimum absolute atomic E-state index is 0.00115. The third-order valence-corrected chi connectivity index (χ3v) is 10.2. The normalized spacial score (nSPS) is 11.7. The number of hydrogen-bond donors (Lipinski definition) is 1. The Hall–Kier alpha value is -4.64. The molecule has 274 valence electrons. The molecule has 0 aliphatic carbocycles. The number of carbonyl (C=O) groups excluding carboxylic acids is 1. The number of ether oxygens (including phenoxy) is 2. The van der Waals surface area contributed by atoms with Gasteiger partial charge in [0.15, 0.2) is 0 Å². The monoisotopic (exact) mass is 724 g/mol. The molecule has 0 saturated heterocycles. The fourth-order valence-corrected chi connectivity index (χ4v) is 7.66. The van der Waals surface area contributed by atoms with Crippen LogP contribution in [0.1, 0.15) is 64.7 Å². The van der Waals surface area contributed by atoms with E-state index in [0.717, 1.165) is 78.9 Å². The van der Waals surface area contributed by atoms with Gasteiger partial charge in [-0.1, -0.05) is 54.9 Å². The van der Waals surface area contributed by atoms with E-state index in [2.05, 4.69) is 49.1 Å². The van der Waals surface area contributed by atoms with Gasteiger partial charge < -0.3 is 19.1 Å². The Labute approximate surface area is 310 Å². The van der Waals surface area contributed by atoms with Gasteiger partial charge in [-0.05, 0) is 74.7 Å². The number of aromatic nitrogens is 5. The number of esters is 1. The lowest BCUT2D eigenvalue weighted by Gasteiger charge is -2.20. The van der Waals surface area contributed by atoms with Crippen molar-refractivity contribution in [1.82, 2.24) is 29.0 Å². The molecule has 3 heterocycles. The molecule has 0 unspecified atom stereocenters. The van der Waals surface area contributed by atoms with Gasteiger partial charge >= 0.3 is 5.97 Å². The lowest BCUT2D eigenvalue weighted by atomic mass is 9.97. The molecule has 0 aliphatic heterocycles. The van der Waals surface area contributed by atoms with Gasteiger partial charge in [0.25, 0.3) is 0 Å². The van der Waals surface area contributed by atoms with Crippen molar-refractivity contribution in [3.63, 3.8) is 0 Å². The zero-order valence-corrected chi connectivity index (χ0v) is 32.0. The molecule has 3 aromatic carbocycles. The lowest BCUT2D eigenvalue weighted by Crippen LogP contribution is -2.27. The molecule has 0 bridgehead atoms. The molecule has 3 aromatic heterocycles. The smallest absolute Gasteiger partial charge is 0.355 e. The van der Waals surface area contributed by atoms with Crippen molar-refractivity contribution in [2.45, 2.75) is 60.0 Å². The second-order valence-electron chi connectivity index (χ2n) is 13.4. The number of fused-ring (bicyclic) bond motifs is 2. The van der Waals surface area contributed by atoms with E-state index in [1.807, 2.05) is 73.2 Å². The standard InChI is InChI=1S/C41H49ClN6O4/c1-8-30-23-29(43-47(30)7)24-48(18-19-49)25-35-37(27(4)46(6)44-35)38-34(42)17-16-33-32(40(41(50)51-9-2)45(5)39(33)38)15-12-20-52-36-22-26(3)21-28-13-10-11-14-31(28)36/h10-11,13-14,16-17,21-23,49H,8-9,12,15,18-20,24-25H2,1-7H3. The van der Waals surface area contributed by atoms with E-state index in [9.17, 15) is 9.90 Å². The Balaban J connectivity index is 1.37. The molecule has 0 radical (unpaired) electrons. The first-order valence-electron chi connectivity index (χ1n) is 18.0.